The Labute approximate surface area is 214 Å². The van der Waals surface area contributed by atoms with Crippen molar-refractivity contribution in [1.29, 1.82) is 0 Å². The Hall–Kier alpha value is -4.18. The molecule has 1 aliphatic heterocycles. The molecule has 3 aromatic heterocycles. The van der Waals surface area contributed by atoms with Gasteiger partial charge in [-0.15, -0.1) is 0 Å². The third kappa shape index (κ3) is 5.34. The number of nitrogens with one attached hydrogen (secondary N) is 1. The van der Waals surface area contributed by atoms with Crippen LogP contribution < -0.4 is 5.56 Å². The number of amides is 1. The maximum absolute atomic E-state index is 13.0. The summed E-state index contributed by atoms with van der Waals surface area (Å²) >= 11 is 0. The highest BCUT2D eigenvalue weighted by Gasteiger charge is 2.28. The van der Waals surface area contributed by atoms with Crippen molar-refractivity contribution in [1.82, 2.24) is 34.9 Å². The molecular weight excluding hydrogens is 470 g/mol. The van der Waals surface area contributed by atoms with Crippen molar-refractivity contribution in [2.75, 3.05) is 26.2 Å². The number of carbonyl (C=O) groups excluding carboxylic acids is 1. The molecule has 5 rings (SSSR count). The summed E-state index contributed by atoms with van der Waals surface area (Å²) in [5.41, 5.74) is 3.51. The zero-order valence-electron chi connectivity index (χ0n) is 21.1. The number of aromatic nitrogens is 5. The van der Waals surface area contributed by atoms with Crippen molar-refractivity contribution in [3.8, 4) is 22.8 Å². The van der Waals surface area contributed by atoms with Gasteiger partial charge in [0.25, 0.3) is 5.56 Å². The fourth-order valence-corrected chi connectivity index (χ4v) is 4.47. The van der Waals surface area contributed by atoms with Gasteiger partial charge in [0, 0.05) is 61.0 Å². The van der Waals surface area contributed by atoms with E-state index in [1.54, 1.807) is 36.4 Å². The molecular formula is C27H29N7O3. The summed E-state index contributed by atoms with van der Waals surface area (Å²) in [6, 6.07) is 11.5. The van der Waals surface area contributed by atoms with Crippen LogP contribution in [0.25, 0.3) is 22.8 Å². The minimum Gasteiger partial charge on any atom is -0.340 e. The lowest BCUT2D eigenvalue weighted by atomic mass is 10.1. The van der Waals surface area contributed by atoms with Gasteiger partial charge in [-0.25, -0.2) is 4.98 Å². The average Bonchev–Trinajstić information content (AvgIpc) is 3.41. The van der Waals surface area contributed by atoms with Crippen molar-refractivity contribution >= 4 is 5.91 Å². The van der Waals surface area contributed by atoms with Crippen LogP contribution in [0.2, 0.25) is 0 Å². The van der Waals surface area contributed by atoms with E-state index in [2.05, 4.69) is 30.0 Å². The number of hydrogen-bond donors (Lipinski definition) is 1. The molecule has 37 heavy (non-hydrogen) atoms. The predicted molar refractivity (Wildman–Crippen MR) is 138 cm³/mol. The summed E-state index contributed by atoms with van der Waals surface area (Å²) in [7, 11) is 0. The first-order chi connectivity index (χ1) is 17.9. The molecule has 10 heteroatoms. The molecule has 4 aromatic rings. The average molecular weight is 500 g/mol. The van der Waals surface area contributed by atoms with E-state index in [-0.39, 0.29) is 23.9 Å². The van der Waals surface area contributed by atoms with Crippen LogP contribution in [-0.2, 0) is 11.2 Å². The summed E-state index contributed by atoms with van der Waals surface area (Å²) in [5, 5.41) is 4.15. The van der Waals surface area contributed by atoms with E-state index in [1.165, 1.54) is 5.56 Å². The summed E-state index contributed by atoms with van der Waals surface area (Å²) < 4.78 is 5.55. The highest BCUT2D eigenvalue weighted by molar-refractivity contribution is 5.79. The van der Waals surface area contributed by atoms with Gasteiger partial charge in [-0.2, -0.15) is 4.98 Å². The van der Waals surface area contributed by atoms with Crippen molar-refractivity contribution in [3.63, 3.8) is 0 Å². The molecule has 0 aliphatic carbocycles. The largest absolute Gasteiger partial charge is 0.340 e. The predicted octanol–water partition coefficient (Wildman–Crippen LogP) is 2.95. The van der Waals surface area contributed by atoms with E-state index < -0.39 is 0 Å². The van der Waals surface area contributed by atoms with E-state index in [0.29, 0.717) is 55.0 Å². The maximum Gasteiger partial charge on any atom is 0.255 e. The smallest absolute Gasteiger partial charge is 0.255 e. The van der Waals surface area contributed by atoms with E-state index in [9.17, 15) is 9.59 Å². The zero-order chi connectivity index (χ0) is 25.9. The van der Waals surface area contributed by atoms with Gasteiger partial charge in [-0.1, -0.05) is 35.0 Å². The van der Waals surface area contributed by atoms with Crippen LogP contribution >= 0.6 is 0 Å². The fourth-order valence-electron chi connectivity index (χ4n) is 4.47. The van der Waals surface area contributed by atoms with Gasteiger partial charge in [0.2, 0.25) is 17.6 Å². The van der Waals surface area contributed by atoms with Crippen LogP contribution in [0.5, 0.6) is 0 Å². The Morgan fingerprint density at radius 2 is 1.70 bits per heavy atom. The van der Waals surface area contributed by atoms with E-state index in [4.69, 9.17) is 4.52 Å². The minimum atomic E-state index is -0.291. The number of benzene rings is 1. The Morgan fingerprint density at radius 1 is 1.00 bits per heavy atom. The molecule has 1 amide bonds. The summed E-state index contributed by atoms with van der Waals surface area (Å²) in [6.45, 7) is 8.28. The Morgan fingerprint density at radius 3 is 2.38 bits per heavy atom. The molecule has 1 atom stereocenters. The second-order valence-corrected chi connectivity index (χ2v) is 9.31. The molecule has 0 bridgehead atoms. The number of aromatic amines is 1. The monoisotopic (exact) mass is 499 g/mol. The first-order valence-corrected chi connectivity index (χ1v) is 12.3. The van der Waals surface area contributed by atoms with E-state index >= 15 is 0 Å². The maximum atomic E-state index is 13.0. The van der Waals surface area contributed by atoms with Crippen molar-refractivity contribution in [2.24, 2.45) is 0 Å². The highest BCUT2D eigenvalue weighted by atomic mass is 16.5. The fraction of sp³-hybridized carbons (Fsp3) is 0.333. The van der Waals surface area contributed by atoms with Crippen LogP contribution in [0.15, 0.2) is 58.1 Å². The molecule has 10 nitrogen and oxygen atoms in total. The number of pyridine rings is 1. The molecule has 1 fully saturated rings. The lowest BCUT2D eigenvalue weighted by Crippen LogP contribution is -2.50. The lowest BCUT2D eigenvalue weighted by Gasteiger charge is -2.36. The van der Waals surface area contributed by atoms with Crippen LogP contribution in [0.1, 0.15) is 35.7 Å². The van der Waals surface area contributed by atoms with Gasteiger partial charge in [0.1, 0.15) is 5.82 Å². The molecule has 1 N–H and O–H groups in total. The normalized spacial score (nSPS) is 15.1. The number of nitrogens with zero attached hydrogens (tertiary/aromatic N) is 6. The minimum absolute atomic E-state index is 0.0178. The second-order valence-electron chi connectivity index (χ2n) is 9.31. The van der Waals surface area contributed by atoms with Gasteiger partial charge in [-0.3, -0.25) is 19.5 Å². The van der Waals surface area contributed by atoms with Gasteiger partial charge in [0.15, 0.2) is 0 Å². The van der Waals surface area contributed by atoms with Crippen LogP contribution in [-0.4, -0.2) is 67.0 Å². The van der Waals surface area contributed by atoms with Crippen molar-refractivity contribution in [3.05, 3.63) is 81.9 Å². The molecule has 1 unspecified atom stereocenters. The quantitative estimate of drug-likeness (QED) is 0.430. The molecule has 0 saturated carbocycles. The highest BCUT2D eigenvalue weighted by Crippen LogP contribution is 2.24. The molecule has 1 saturated heterocycles. The number of aryl methyl sites for hydroxylation is 2. The molecule has 0 radical (unpaired) electrons. The number of rotatable bonds is 6. The number of carbonyl (C=O) groups is 1. The van der Waals surface area contributed by atoms with Gasteiger partial charge in [-0.05, 0) is 32.9 Å². The van der Waals surface area contributed by atoms with Gasteiger partial charge >= 0.3 is 0 Å². The summed E-state index contributed by atoms with van der Waals surface area (Å²) in [6.07, 6.45) is 3.30. The Bertz CT molecular complexity index is 1440. The number of piperazine rings is 1. The Kier molecular flexibility index (Phi) is 6.91. The standard InChI is InChI=1S/C27H29N7O3/c1-17-4-6-20(7-5-17)25-31-27(37-32-25)19(3)33-12-14-34(15-13-33)23(35)16-22-18(2)29-24(30-26(22)36)21-8-10-28-11-9-21/h4-11,19H,12-16H2,1-3H3,(H,29,30,36). The zero-order valence-corrected chi connectivity index (χ0v) is 21.1. The number of H-pyrrole nitrogens is 1. The van der Waals surface area contributed by atoms with Crippen LogP contribution in [0.4, 0.5) is 0 Å². The first-order valence-electron chi connectivity index (χ1n) is 12.3. The van der Waals surface area contributed by atoms with Gasteiger partial charge < -0.3 is 14.4 Å². The molecule has 0 spiro atoms. The van der Waals surface area contributed by atoms with E-state index in [0.717, 1.165) is 11.1 Å². The molecule has 4 heterocycles. The first kappa shape index (κ1) is 24.5. The van der Waals surface area contributed by atoms with Crippen molar-refractivity contribution in [2.45, 2.75) is 33.2 Å². The third-order valence-corrected chi connectivity index (χ3v) is 6.83. The Balaban J connectivity index is 1.19. The molecule has 1 aliphatic rings. The third-order valence-electron chi connectivity index (χ3n) is 6.83. The summed E-state index contributed by atoms with van der Waals surface area (Å²) in [4.78, 5) is 45.7. The SMILES string of the molecule is Cc1ccc(-c2noc(C(C)N3CCN(C(=O)Cc4c(C)nc(-c5ccncc5)[nH]c4=O)CC3)n2)cc1. The van der Waals surface area contributed by atoms with Crippen molar-refractivity contribution < 1.29 is 9.32 Å². The molecule has 1 aromatic carbocycles. The van der Waals surface area contributed by atoms with Gasteiger partial charge in [0.05, 0.1) is 12.5 Å². The second kappa shape index (κ2) is 10.4. The van der Waals surface area contributed by atoms with E-state index in [1.807, 2.05) is 38.1 Å². The van der Waals surface area contributed by atoms with Crippen LogP contribution in [0, 0.1) is 13.8 Å². The number of hydrogen-bond acceptors (Lipinski definition) is 8. The van der Waals surface area contributed by atoms with Crippen LogP contribution in [0.3, 0.4) is 0 Å². The molecule has 190 valence electrons. The lowest BCUT2D eigenvalue weighted by molar-refractivity contribution is -0.132. The topological polar surface area (TPSA) is 121 Å². The summed E-state index contributed by atoms with van der Waals surface area (Å²) in [5.74, 6) is 1.51.